The molecular formula is C16H23ClN4O. The van der Waals surface area contributed by atoms with Crippen molar-refractivity contribution in [2.45, 2.75) is 26.8 Å². The van der Waals surface area contributed by atoms with Gasteiger partial charge in [0.25, 0.3) is 5.91 Å². The number of aromatic nitrogens is 1. The number of hydrogen-bond acceptors (Lipinski definition) is 4. The Morgan fingerprint density at radius 2 is 2.05 bits per heavy atom. The van der Waals surface area contributed by atoms with Gasteiger partial charge in [-0.2, -0.15) is 0 Å². The molecule has 120 valence electrons. The van der Waals surface area contributed by atoms with E-state index in [0.29, 0.717) is 0 Å². The first-order valence-corrected chi connectivity index (χ1v) is 7.97. The molecule has 0 saturated carbocycles. The largest absolute Gasteiger partial charge is 0.371 e. The van der Waals surface area contributed by atoms with Crippen molar-refractivity contribution < 1.29 is 4.79 Å². The number of piperazine rings is 1. The molecule has 0 unspecified atom stereocenters. The van der Waals surface area contributed by atoms with Gasteiger partial charge in [0.2, 0.25) is 0 Å². The van der Waals surface area contributed by atoms with Gasteiger partial charge in [0, 0.05) is 50.3 Å². The molecule has 22 heavy (non-hydrogen) atoms. The van der Waals surface area contributed by atoms with E-state index in [1.165, 1.54) is 5.56 Å². The Labute approximate surface area is 136 Å². The smallest absolute Gasteiger partial charge is 0.261 e. The number of nitrogens with zero attached hydrogens (tertiary/aromatic N) is 3. The number of allylic oxidation sites excluding steroid dienone is 1. The quantitative estimate of drug-likeness (QED) is 0.838. The lowest BCUT2D eigenvalue weighted by molar-refractivity contribution is -0.114. The van der Waals surface area contributed by atoms with Crippen LogP contribution in [0.5, 0.6) is 0 Å². The van der Waals surface area contributed by atoms with Crippen LogP contribution in [0.2, 0.25) is 0 Å². The number of amides is 1. The number of pyridine rings is 1. The summed E-state index contributed by atoms with van der Waals surface area (Å²) in [4.78, 5) is 20.1. The van der Waals surface area contributed by atoms with Gasteiger partial charge in [0.1, 0.15) is 5.03 Å². The number of rotatable bonds is 5. The Morgan fingerprint density at radius 3 is 2.64 bits per heavy atom. The fraction of sp³-hybridized carbons (Fsp3) is 0.500. The second kappa shape index (κ2) is 7.61. The van der Waals surface area contributed by atoms with Crippen LogP contribution in [0.1, 0.15) is 25.1 Å². The van der Waals surface area contributed by atoms with E-state index >= 15 is 0 Å². The molecular weight excluding hydrogens is 300 g/mol. The molecule has 0 aliphatic carbocycles. The summed E-state index contributed by atoms with van der Waals surface area (Å²) in [7, 11) is 0. The van der Waals surface area contributed by atoms with Gasteiger partial charge in [-0.25, -0.2) is 0 Å². The van der Waals surface area contributed by atoms with Crippen LogP contribution in [0.4, 0.5) is 0 Å². The van der Waals surface area contributed by atoms with Gasteiger partial charge in [-0.3, -0.25) is 14.7 Å². The summed E-state index contributed by atoms with van der Waals surface area (Å²) >= 11 is 5.95. The molecule has 2 heterocycles. The monoisotopic (exact) mass is 322 g/mol. The van der Waals surface area contributed by atoms with Gasteiger partial charge in [-0.05, 0) is 25.0 Å². The SMILES string of the molecule is CCc1ncccc1CN1CCN(/C(C)=C(\Cl)C(N)=O)CC1. The van der Waals surface area contributed by atoms with E-state index in [1.54, 1.807) is 0 Å². The van der Waals surface area contributed by atoms with Crippen molar-refractivity contribution in [1.82, 2.24) is 14.8 Å². The van der Waals surface area contributed by atoms with Crippen LogP contribution in [0.15, 0.2) is 29.1 Å². The summed E-state index contributed by atoms with van der Waals surface area (Å²) in [6.45, 7) is 8.44. The van der Waals surface area contributed by atoms with Crippen LogP contribution in [-0.2, 0) is 17.8 Å². The van der Waals surface area contributed by atoms with Crippen LogP contribution in [0.3, 0.4) is 0 Å². The van der Waals surface area contributed by atoms with Crippen LogP contribution >= 0.6 is 11.6 Å². The molecule has 1 aliphatic heterocycles. The summed E-state index contributed by atoms with van der Waals surface area (Å²) in [5, 5.41) is 0.133. The summed E-state index contributed by atoms with van der Waals surface area (Å²) in [6, 6.07) is 4.14. The summed E-state index contributed by atoms with van der Waals surface area (Å²) in [5.74, 6) is -0.565. The zero-order chi connectivity index (χ0) is 16.1. The van der Waals surface area contributed by atoms with Crippen molar-refractivity contribution in [2.75, 3.05) is 26.2 Å². The summed E-state index contributed by atoms with van der Waals surface area (Å²) in [6.07, 6.45) is 2.80. The van der Waals surface area contributed by atoms with Crippen molar-refractivity contribution >= 4 is 17.5 Å². The molecule has 1 aromatic heterocycles. The third-order valence-corrected chi connectivity index (χ3v) is 4.55. The number of carbonyl (C=O) groups is 1. The number of hydrogen-bond donors (Lipinski definition) is 1. The van der Waals surface area contributed by atoms with E-state index in [4.69, 9.17) is 17.3 Å². The molecule has 2 rings (SSSR count). The maximum Gasteiger partial charge on any atom is 0.261 e. The molecule has 0 radical (unpaired) electrons. The minimum absolute atomic E-state index is 0.133. The molecule has 0 bridgehead atoms. The zero-order valence-electron chi connectivity index (χ0n) is 13.2. The standard InChI is InChI=1S/C16H23ClN4O/c1-3-14-13(5-4-6-19-14)11-20-7-9-21(10-8-20)12(2)15(17)16(18)22/h4-6H,3,7-11H2,1-2H3,(H2,18,22)/b15-12-. The number of aryl methyl sites for hydroxylation is 1. The minimum atomic E-state index is -0.565. The van der Waals surface area contributed by atoms with Crippen molar-refractivity contribution in [3.63, 3.8) is 0 Å². The third-order valence-electron chi connectivity index (χ3n) is 4.09. The molecule has 5 nitrogen and oxygen atoms in total. The fourth-order valence-electron chi connectivity index (χ4n) is 2.73. The minimum Gasteiger partial charge on any atom is -0.371 e. The second-order valence-electron chi connectivity index (χ2n) is 5.49. The molecule has 0 aromatic carbocycles. The Bertz CT molecular complexity index is 565. The zero-order valence-corrected chi connectivity index (χ0v) is 13.9. The molecule has 1 aliphatic rings. The first-order chi connectivity index (χ1) is 10.5. The Kier molecular flexibility index (Phi) is 5.80. The highest BCUT2D eigenvalue weighted by molar-refractivity contribution is 6.42. The predicted octanol–water partition coefficient (Wildman–Crippen LogP) is 1.72. The fourth-order valence-corrected chi connectivity index (χ4v) is 2.85. The molecule has 0 atom stereocenters. The topological polar surface area (TPSA) is 62.5 Å². The second-order valence-corrected chi connectivity index (χ2v) is 5.87. The third kappa shape index (κ3) is 3.99. The van der Waals surface area contributed by atoms with E-state index in [0.717, 1.165) is 50.5 Å². The van der Waals surface area contributed by atoms with Gasteiger partial charge in [0.05, 0.1) is 0 Å². The van der Waals surface area contributed by atoms with Crippen LogP contribution in [-0.4, -0.2) is 46.9 Å². The molecule has 0 spiro atoms. The summed E-state index contributed by atoms with van der Waals surface area (Å²) in [5.41, 5.74) is 8.46. The van der Waals surface area contributed by atoms with Crippen molar-refractivity contribution in [3.05, 3.63) is 40.3 Å². The molecule has 6 heteroatoms. The first-order valence-electron chi connectivity index (χ1n) is 7.59. The number of nitrogens with two attached hydrogens (primary N) is 1. The van der Waals surface area contributed by atoms with Crippen molar-refractivity contribution in [2.24, 2.45) is 5.73 Å². The van der Waals surface area contributed by atoms with Crippen LogP contribution in [0, 0.1) is 0 Å². The molecule has 1 aromatic rings. The van der Waals surface area contributed by atoms with Gasteiger partial charge in [0.15, 0.2) is 0 Å². The predicted molar refractivity (Wildman–Crippen MR) is 88.2 cm³/mol. The molecule has 1 fully saturated rings. The molecule has 1 saturated heterocycles. The Balaban J connectivity index is 1.95. The van der Waals surface area contributed by atoms with Gasteiger partial charge in [-0.1, -0.05) is 24.6 Å². The molecule has 1 amide bonds. The van der Waals surface area contributed by atoms with Crippen molar-refractivity contribution in [3.8, 4) is 0 Å². The number of halogens is 1. The Morgan fingerprint density at radius 1 is 1.36 bits per heavy atom. The lowest BCUT2D eigenvalue weighted by atomic mass is 10.1. The number of carbonyl (C=O) groups excluding carboxylic acids is 1. The normalized spacial score (nSPS) is 17.3. The highest BCUT2D eigenvalue weighted by Gasteiger charge is 2.20. The maximum absolute atomic E-state index is 11.1. The van der Waals surface area contributed by atoms with Gasteiger partial charge in [-0.15, -0.1) is 0 Å². The average molecular weight is 323 g/mol. The summed E-state index contributed by atoms with van der Waals surface area (Å²) < 4.78 is 0. The van der Waals surface area contributed by atoms with Gasteiger partial charge >= 0.3 is 0 Å². The van der Waals surface area contributed by atoms with Crippen LogP contribution < -0.4 is 5.73 Å². The lowest BCUT2D eigenvalue weighted by Crippen LogP contribution is -2.45. The van der Waals surface area contributed by atoms with Crippen molar-refractivity contribution in [1.29, 1.82) is 0 Å². The Hall–Kier alpha value is -1.59. The average Bonchev–Trinajstić information content (AvgIpc) is 2.54. The highest BCUT2D eigenvalue weighted by atomic mass is 35.5. The maximum atomic E-state index is 11.1. The van der Waals surface area contributed by atoms with E-state index in [2.05, 4.69) is 27.8 Å². The number of primary amides is 1. The van der Waals surface area contributed by atoms with Gasteiger partial charge < -0.3 is 10.6 Å². The van der Waals surface area contributed by atoms with E-state index < -0.39 is 5.91 Å². The molecule has 2 N–H and O–H groups in total. The van der Waals surface area contributed by atoms with Crippen LogP contribution in [0.25, 0.3) is 0 Å². The van der Waals surface area contributed by atoms with E-state index in [9.17, 15) is 4.79 Å². The van der Waals surface area contributed by atoms with E-state index in [1.807, 2.05) is 19.2 Å². The highest BCUT2D eigenvalue weighted by Crippen LogP contribution is 2.17. The first kappa shape index (κ1) is 16.8. The lowest BCUT2D eigenvalue weighted by Gasteiger charge is -2.36. The van der Waals surface area contributed by atoms with E-state index in [-0.39, 0.29) is 5.03 Å².